The molecule has 1 saturated heterocycles. The van der Waals surface area contributed by atoms with Crippen LogP contribution in [0.2, 0.25) is 0 Å². The SMILES string of the molecule is COC(=O)C1C[C@@H]([C@H](c2ccc(OC)cc2)[C@H]2CCCC[C@H]2O)NC1=O. The molecule has 26 heavy (non-hydrogen) atoms. The van der Waals surface area contributed by atoms with Gasteiger partial charge in [0.05, 0.1) is 20.3 Å². The maximum atomic E-state index is 12.3. The van der Waals surface area contributed by atoms with Crippen molar-refractivity contribution in [1.82, 2.24) is 5.32 Å². The average Bonchev–Trinajstić information content (AvgIpc) is 3.04. The first kappa shape index (κ1) is 18.7. The molecule has 2 aliphatic rings. The smallest absolute Gasteiger partial charge is 0.318 e. The van der Waals surface area contributed by atoms with Gasteiger partial charge in [-0.3, -0.25) is 9.59 Å². The summed E-state index contributed by atoms with van der Waals surface area (Å²) in [7, 11) is 2.92. The second-order valence-corrected chi connectivity index (χ2v) is 7.24. The highest BCUT2D eigenvalue weighted by atomic mass is 16.5. The quantitative estimate of drug-likeness (QED) is 0.619. The van der Waals surface area contributed by atoms with Gasteiger partial charge in [0, 0.05) is 12.0 Å². The highest BCUT2D eigenvalue weighted by Gasteiger charge is 2.45. The molecule has 1 aliphatic carbocycles. The molecular weight excluding hydrogens is 334 g/mol. The molecule has 1 amide bonds. The number of carbonyl (C=O) groups is 2. The molecule has 6 nitrogen and oxygen atoms in total. The van der Waals surface area contributed by atoms with E-state index in [-0.39, 0.29) is 23.8 Å². The number of methoxy groups -OCH3 is 2. The summed E-state index contributed by atoms with van der Waals surface area (Å²) in [6.07, 6.45) is 3.77. The summed E-state index contributed by atoms with van der Waals surface area (Å²) in [5.74, 6) is -0.784. The second kappa shape index (κ2) is 8.08. The maximum Gasteiger partial charge on any atom is 0.318 e. The largest absolute Gasteiger partial charge is 0.497 e. The average molecular weight is 361 g/mol. The van der Waals surface area contributed by atoms with E-state index in [1.54, 1.807) is 7.11 Å². The molecule has 1 aromatic carbocycles. The molecule has 3 rings (SSSR count). The molecule has 6 heteroatoms. The Kier molecular flexibility index (Phi) is 5.81. The standard InChI is InChI=1S/C20H27NO5/c1-25-13-9-7-12(8-10-13)18(14-5-3-4-6-17(14)22)16-11-15(19(23)21-16)20(24)26-2/h7-10,14-18,22H,3-6,11H2,1-2H3,(H,21,23)/t14-,15?,16-,17+,18+/m0/s1. The van der Waals surface area contributed by atoms with Crippen molar-refractivity contribution in [2.24, 2.45) is 11.8 Å². The number of amides is 1. The van der Waals surface area contributed by atoms with Crippen LogP contribution in [0.4, 0.5) is 0 Å². The molecule has 0 spiro atoms. The number of aliphatic hydroxyl groups is 1. The first-order chi connectivity index (χ1) is 12.5. The molecule has 0 bridgehead atoms. The van der Waals surface area contributed by atoms with Gasteiger partial charge in [-0.15, -0.1) is 0 Å². The number of hydrogen-bond acceptors (Lipinski definition) is 5. The van der Waals surface area contributed by atoms with E-state index in [1.165, 1.54) is 7.11 Å². The van der Waals surface area contributed by atoms with Crippen LogP contribution in [-0.4, -0.2) is 43.3 Å². The van der Waals surface area contributed by atoms with Crippen molar-refractivity contribution in [2.45, 2.75) is 50.2 Å². The van der Waals surface area contributed by atoms with Crippen LogP contribution in [0, 0.1) is 11.8 Å². The summed E-state index contributed by atoms with van der Waals surface area (Å²) < 4.78 is 10.0. The summed E-state index contributed by atoms with van der Waals surface area (Å²) in [5.41, 5.74) is 1.05. The Bertz CT molecular complexity index is 644. The normalized spacial score (nSPS) is 29.7. The lowest BCUT2D eigenvalue weighted by Crippen LogP contribution is -2.40. The zero-order chi connectivity index (χ0) is 18.7. The van der Waals surface area contributed by atoms with E-state index in [9.17, 15) is 14.7 Å². The number of ether oxygens (including phenoxy) is 2. The van der Waals surface area contributed by atoms with Gasteiger partial charge in [0.15, 0.2) is 0 Å². The van der Waals surface area contributed by atoms with Crippen molar-refractivity contribution in [3.05, 3.63) is 29.8 Å². The highest BCUT2D eigenvalue weighted by Crippen LogP contribution is 2.42. The van der Waals surface area contributed by atoms with Crippen LogP contribution in [0.5, 0.6) is 5.75 Å². The van der Waals surface area contributed by atoms with E-state index in [1.807, 2.05) is 24.3 Å². The minimum atomic E-state index is -0.772. The van der Waals surface area contributed by atoms with Gasteiger partial charge in [0.2, 0.25) is 5.91 Å². The molecule has 5 atom stereocenters. The van der Waals surface area contributed by atoms with Crippen molar-refractivity contribution in [2.75, 3.05) is 14.2 Å². The molecule has 0 radical (unpaired) electrons. The Hall–Kier alpha value is -2.08. The number of esters is 1. The lowest BCUT2D eigenvalue weighted by atomic mass is 9.71. The lowest BCUT2D eigenvalue weighted by molar-refractivity contribution is -0.148. The van der Waals surface area contributed by atoms with Gasteiger partial charge in [-0.05, 0) is 42.9 Å². The van der Waals surface area contributed by atoms with E-state index in [2.05, 4.69) is 5.32 Å². The zero-order valence-corrected chi connectivity index (χ0v) is 15.3. The summed E-state index contributed by atoms with van der Waals surface area (Å²) in [6.45, 7) is 0. The van der Waals surface area contributed by atoms with Crippen LogP contribution in [0.3, 0.4) is 0 Å². The predicted molar refractivity (Wildman–Crippen MR) is 95.8 cm³/mol. The Morgan fingerprint density at radius 1 is 1.19 bits per heavy atom. The van der Waals surface area contributed by atoms with E-state index >= 15 is 0 Å². The van der Waals surface area contributed by atoms with Crippen LogP contribution in [0.1, 0.15) is 43.6 Å². The molecule has 2 fully saturated rings. The molecule has 1 aliphatic heterocycles. The third-order valence-electron chi connectivity index (χ3n) is 5.80. The maximum absolute atomic E-state index is 12.3. The van der Waals surface area contributed by atoms with Gasteiger partial charge < -0.3 is 19.9 Å². The van der Waals surface area contributed by atoms with E-state index in [4.69, 9.17) is 9.47 Å². The molecule has 142 valence electrons. The third kappa shape index (κ3) is 3.70. The van der Waals surface area contributed by atoms with E-state index < -0.39 is 18.0 Å². The number of aliphatic hydroxyl groups excluding tert-OH is 1. The van der Waals surface area contributed by atoms with Crippen molar-refractivity contribution in [3.63, 3.8) is 0 Å². The predicted octanol–water partition coefficient (Wildman–Crippen LogP) is 2.01. The van der Waals surface area contributed by atoms with Crippen LogP contribution < -0.4 is 10.1 Å². The molecular formula is C20H27NO5. The Morgan fingerprint density at radius 3 is 2.50 bits per heavy atom. The number of benzene rings is 1. The fourth-order valence-electron chi connectivity index (χ4n) is 4.45. The monoisotopic (exact) mass is 361 g/mol. The van der Waals surface area contributed by atoms with Gasteiger partial charge in [0.25, 0.3) is 0 Å². The molecule has 0 aromatic heterocycles. The lowest BCUT2D eigenvalue weighted by Gasteiger charge is -2.38. The van der Waals surface area contributed by atoms with Crippen molar-refractivity contribution in [3.8, 4) is 5.75 Å². The topological polar surface area (TPSA) is 84.9 Å². The van der Waals surface area contributed by atoms with E-state index in [0.717, 1.165) is 37.0 Å². The van der Waals surface area contributed by atoms with Crippen molar-refractivity contribution >= 4 is 11.9 Å². The summed E-state index contributed by atoms with van der Waals surface area (Å²) in [5, 5.41) is 13.6. The third-order valence-corrected chi connectivity index (χ3v) is 5.80. The Labute approximate surface area is 153 Å². The summed E-state index contributed by atoms with van der Waals surface area (Å²) in [4.78, 5) is 24.2. The first-order valence-electron chi connectivity index (χ1n) is 9.25. The fraction of sp³-hybridized carbons (Fsp3) is 0.600. The Morgan fingerprint density at radius 2 is 1.88 bits per heavy atom. The van der Waals surface area contributed by atoms with Gasteiger partial charge in [0.1, 0.15) is 11.7 Å². The molecule has 1 unspecified atom stereocenters. The van der Waals surface area contributed by atoms with Crippen LogP contribution in [0.15, 0.2) is 24.3 Å². The van der Waals surface area contributed by atoms with Gasteiger partial charge >= 0.3 is 5.97 Å². The second-order valence-electron chi connectivity index (χ2n) is 7.24. The van der Waals surface area contributed by atoms with Crippen molar-refractivity contribution < 1.29 is 24.2 Å². The molecule has 2 N–H and O–H groups in total. The molecule has 1 saturated carbocycles. The fourth-order valence-corrected chi connectivity index (χ4v) is 4.45. The summed E-state index contributed by atoms with van der Waals surface area (Å²) >= 11 is 0. The number of hydrogen-bond donors (Lipinski definition) is 2. The first-order valence-corrected chi connectivity index (χ1v) is 9.25. The minimum Gasteiger partial charge on any atom is -0.497 e. The minimum absolute atomic E-state index is 0.0465. The summed E-state index contributed by atoms with van der Waals surface area (Å²) in [6, 6.07) is 7.57. The molecule has 1 heterocycles. The van der Waals surface area contributed by atoms with Crippen LogP contribution in [0.25, 0.3) is 0 Å². The van der Waals surface area contributed by atoms with Gasteiger partial charge in [-0.2, -0.15) is 0 Å². The number of nitrogens with one attached hydrogen (secondary N) is 1. The molecule has 1 aromatic rings. The van der Waals surface area contributed by atoms with Gasteiger partial charge in [-0.25, -0.2) is 0 Å². The number of rotatable bonds is 5. The van der Waals surface area contributed by atoms with Crippen molar-refractivity contribution in [1.29, 1.82) is 0 Å². The van der Waals surface area contributed by atoms with Crippen LogP contribution >= 0.6 is 0 Å². The Balaban J connectivity index is 1.90. The zero-order valence-electron chi connectivity index (χ0n) is 15.3. The van der Waals surface area contributed by atoms with Gasteiger partial charge in [-0.1, -0.05) is 25.0 Å². The number of carbonyl (C=O) groups excluding carboxylic acids is 2. The highest BCUT2D eigenvalue weighted by molar-refractivity contribution is 5.99. The van der Waals surface area contributed by atoms with E-state index in [0.29, 0.717) is 6.42 Å². The van der Waals surface area contributed by atoms with Crippen LogP contribution in [-0.2, 0) is 14.3 Å².